The van der Waals surface area contributed by atoms with E-state index in [4.69, 9.17) is 0 Å². The molecule has 3 N–H and O–H groups in total. The van der Waals surface area contributed by atoms with Gasteiger partial charge in [0, 0.05) is 41.1 Å². The number of hydrogen-bond donors (Lipinski definition) is 3. The lowest BCUT2D eigenvalue weighted by molar-refractivity contribution is 0.0196. The van der Waals surface area contributed by atoms with Gasteiger partial charge in [0.25, 0.3) is 0 Å². The first-order valence-corrected chi connectivity index (χ1v) is 9.20. The van der Waals surface area contributed by atoms with Crippen LogP contribution in [0.25, 0.3) is 27.8 Å². The standard InChI is InChI=1S/C19H21N7O/c1-19(27)6-4-13(5-7-19)24-18-21-9-15-14(8-20-17(15)25-18)12-2-3-16-22-11-23-26(16)10-12/h2-3,8-11,13,27H,4-7H2,1H3,(H2,20,21,24,25)/t13-,19+. The first-order valence-electron chi connectivity index (χ1n) is 9.20. The normalized spacial score (nSPS) is 23.1. The highest BCUT2D eigenvalue weighted by atomic mass is 16.3. The second kappa shape index (κ2) is 6.02. The monoisotopic (exact) mass is 363 g/mol. The summed E-state index contributed by atoms with van der Waals surface area (Å²) in [6.07, 6.45) is 10.7. The average Bonchev–Trinajstić information content (AvgIpc) is 3.29. The minimum atomic E-state index is -0.539. The number of nitrogens with zero attached hydrogens (tertiary/aromatic N) is 5. The predicted octanol–water partition coefficient (Wildman–Crippen LogP) is 2.77. The number of H-pyrrole nitrogens is 1. The third-order valence-corrected chi connectivity index (χ3v) is 5.41. The molecule has 0 radical (unpaired) electrons. The molecule has 0 unspecified atom stereocenters. The minimum Gasteiger partial charge on any atom is -0.390 e. The molecule has 0 aliphatic heterocycles. The maximum Gasteiger partial charge on any atom is 0.224 e. The summed E-state index contributed by atoms with van der Waals surface area (Å²) in [5.74, 6) is 0.620. The zero-order valence-corrected chi connectivity index (χ0v) is 15.1. The molecule has 0 aromatic carbocycles. The van der Waals surface area contributed by atoms with Crippen LogP contribution in [0.2, 0.25) is 0 Å². The lowest BCUT2D eigenvalue weighted by Gasteiger charge is -2.33. The maximum absolute atomic E-state index is 10.1. The Kier molecular flexibility index (Phi) is 3.61. The first-order chi connectivity index (χ1) is 13.1. The van der Waals surface area contributed by atoms with Crippen LogP contribution in [-0.4, -0.2) is 46.3 Å². The molecule has 1 aliphatic carbocycles. The van der Waals surface area contributed by atoms with Gasteiger partial charge in [-0.25, -0.2) is 14.5 Å². The van der Waals surface area contributed by atoms with Crippen molar-refractivity contribution in [2.75, 3.05) is 5.32 Å². The Balaban J connectivity index is 1.41. The van der Waals surface area contributed by atoms with Crippen molar-refractivity contribution in [3.63, 3.8) is 0 Å². The van der Waals surface area contributed by atoms with E-state index >= 15 is 0 Å². The summed E-state index contributed by atoms with van der Waals surface area (Å²) in [5.41, 5.74) is 3.13. The lowest BCUT2D eigenvalue weighted by Crippen LogP contribution is -2.36. The van der Waals surface area contributed by atoms with E-state index in [9.17, 15) is 5.11 Å². The van der Waals surface area contributed by atoms with E-state index in [1.165, 1.54) is 0 Å². The van der Waals surface area contributed by atoms with Gasteiger partial charge < -0.3 is 15.4 Å². The maximum atomic E-state index is 10.1. The highest BCUT2D eigenvalue weighted by molar-refractivity contribution is 5.93. The van der Waals surface area contributed by atoms with E-state index in [1.54, 1.807) is 10.8 Å². The van der Waals surface area contributed by atoms with Crippen molar-refractivity contribution < 1.29 is 5.11 Å². The molecule has 0 spiro atoms. The van der Waals surface area contributed by atoms with Crippen LogP contribution in [0.5, 0.6) is 0 Å². The van der Waals surface area contributed by atoms with Crippen LogP contribution < -0.4 is 5.32 Å². The molecule has 0 bridgehead atoms. The molecular formula is C19H21N7O. The summed E-state index contributed by atoms with van der Waals surface area (Å²) < 4.78 is 1.75. The van der Waals surface area contributed by atoms with Gasteiger partial charge in [-0.15, -0.1) is 0 Å². The number of aromatic nitrogens is 6. The zero-order valence-electron chi connectivity index (χ0n) is 15.1. The molecule has 27 heavy (non-hydrogen) atoms. The summed E-state index contributed by atoms with van der Waals surface area (Å²) in [5, 5.41) is 18.7. The number of fused-ring (bicyclic) bond motifs is 2. The van der Waals surface area contributed by atoms with Crippen molar-refractivity contribution in [1.29, 1.82) is 0 Å². The van der Waals surface area contributed by atoms with Crippen molar-refractivity contribution in [3.8, 4) is 11.1 Å². The van der Waals surface area contributed by atoms with Crippen LogP contribution in [0.15, 0.2) is 37.1 Å². The van der Waals surface area contributed by atoms with Gasteiger partial charge >= 0.3 is 0 Å². The van der Waals surface area contributed by atoms with Gasteiger partial charge in [0.1, 0.15) is 12.0 Å². The molecule has 4 heterocycles. The third-order valence-electron chi connectivity index (χ3n) is 5.41. The summed E-state index contributed by atoms with van der Waals surface area (Å²) in [4.78, 5) is 16.6. The van der Waals surface area contributed by atoms with E-state index < -0.39 is 5.60 Å². The molecule has 4 aromatic heterocycles. The molecule has 8 nitrogen and oxygen atoms in total. The van der Waals surface area contributed by atoms with Crippen molar-refractivity contribution in [3.05, 3.63) is 37.1 Å². The number of aromatic amines is 1. The fourth-order valence-corrected chi connectivity index (χ4v) is 3.76. The minimum absolute atomic E-state index is 0.298. The molecule has 8 heteroatoms. The number of rotatable bonds is 3. The van der Waals surface area contributed by atoms with E-state index in [2.05, 4.69) is 30.4 Å². The molecule has 5 rings (SSSR count). The number of hydrogen-bond acceptors (Lipinski definition) is 6. The summed E-state index contributed by atoms with van der Waals surface area (Å²) >= 11 is 0. The van der Waals surface area contributed by atoms with Gasteiger partial charge in [-0.3, -0.25) is 0 Å². The lowest BCUT2D eigenvalue weighted by atomic mass is 9.84. The van der Waals surface area contributed by atoms with Crippen LogP contribution in [0.4, 0.5) is 5.95 Å². The Morgan fingerprint density at radius 3 is 2.96 bits per heavy atom. The van der Waals surface area contributed by atoms with Gasteiger partial charge in [0.2, 0.25) is 5.95 Å². The Morgan fingerprint density at radius 1 is 1.26 bits per heavy atom. The number of aliphatic hydroxyl groups is 1. The quantitative estimate of drug-likeness (QED) is 0.517. The zero-order chi connectivity index (χ0) is 18.4. The van der Waals surface area contributed by atoms with Crippen LogP contribution >= 0.6 is 0 Å². The molecule has 138 valence electrons. The highest BCUT2D eigenvalue weighted by Gasteiger charge is 2.28. The van der Waals surface area contributed by atoms with Crippen LogP contribution in [0, 0.1) is 0 Å². The second-order valence-electron chi connectivity index (χ2n) is 7.55. The van der Waals surface area contributed by atoms with Crippen molar-refractivity contribution in [2.24, 2.45) is 0 Å². The predicted molar refractivity (Wildman–Crippen MR) is 102 cm³/mol. The molecule has 0 amide bonds. The molecule has 1 saturated carbocycles. The number of anilines is 1. The highest BCUT2D eigenvalue weighted by Crippen LogP contribution is 2.30. The number of pyridine rings is 1. The van der Waals surface area contributed by atoms with Gasteiger partial charge in [0.15, 0.2) is 5.65 Å². The Bertz CT molecular complexity index is 1100. The van der Waals surface area contributed by atoms with Crippen LogP contribution in [0.1, 0.15) is 32.6 Å². The molecule has 4 aromatic rings. The van der Waals surface area contributed by atoms with Gasteiger partial charge in [-0.05, 0) is 44.7 Å². The smallest absolute Gasteiger partial charge is 0.224 e. The fourth-order valence-electron chi connectivity index (χ4n) is 3.76. The fraction of sp³-hybridized carbons (Fsp3) is 0.368. The largest absolute Gasteiger partial charge is 0.390 e. The third kappa shape index (κ3) is 3.02. The Hall–Kier alpha value is -3.00. The SMILES string of the molecule is C[C@]1(O)CC[C@@H](Nc2ncc3c(-c4ccc5ncnn5c4)c[nH]c3n2)CC1. The van der Waals surface area contributed by atoms with E-state index in [-0.39, 0.29) is 0 Å². The topological polar surface area (TPSA) is 104 Å². The van der Waals surface area contributed by atoms with Crippen LogP contribution in [-0.2, 0) is 0 Å². The second-order valence-corrected chi connectivity index (χ2v) is 7.55. The van der Waals surface area contributed by atoms with Crippen LogP contribution in [0.3, 0.4) is 0 Å². The first kappa shape index (κ1) is 16.2. The van der Waals surface area contributed by atoms with Crippen molar-refractivity contribution in [2.45, 2.75) is 44.2 Å². The van der Waals surface area contributed by atoms with Gasteiger partial charge in [-0.2, -0.15) is 10.1 Å². The number of nitrogens with one attached hydrogen (secondary N) is 2. The summed E-state index contributed by atoms with van der Waals surface area (Å²) in [6.45, 7) is 1.91. The van der Waals surface area contributed by atoms with E-state index in [1.807, 2.05) is 37.6 Å². The van der Waals surface area contributed by atoms with Gasteiger partial charge in [-0.1, -0.05) is 0 Å². The summed E-state index contributed by atoms with van der Waals surface area (Å²) in [7, 11) is 0. The summed E-state index contributed by atoms with van der Waals surface area (Å²) in [6, 6.07) is 4.26. The molecule has 0 saturated heterocycles. The van der Waals surface area contributed by atoms with E-state index in [0.29, 0.717) is 12.0 Å². The van der Waals surface area contributed by atoms with Crippen molar-refractivity contribution in [1.82, 2.24) is 29.5 Å². The Labute approximate surface area is 155 Å². The molecule has 1 fully saturated rings. The van der Waals surface area contributed by atoms with Gasteiger partial charge in [0.05, 0.1) is 5.60 Å². The van der Waals surface area contributed by atoms with Crippen molar-refractivity contribution >= 4 is 22.6 Å². The molecule has 0 atom stereocenters. The van der Waals surface area contributed by atoms with E-state index in [0.717, 1.165) is 53.5 Å². The molecule has 1 aliphatic rings. The average molecular weight is 363 g/mol. The Morgan fingerprint density at radius 2 is 2.11 bits per heavy atom. The molecular weight excluding hydrogens is 342 g/mol.